The summed E-state index contributed by atoms with van der Waals surface area (Å²) in [5, 5.41) is 12.3. The van der Waals surface area contributed by atoms with Crippen LogP contribution in [0.3, 0.4) is 0 Å². The van der Waals surface area contributed by atoms with Crippen molar-refractivity contribution in [1.29, 1.82) is 5.26 Å². The third-order valence-corrected chi connectivity index (χ3v) is 5.09. The smallest absolute Gasteiger partial charge is 0.237 e. The zero-order chi connectivity index (χ0) is 19.9. The number of para-hydroxylation sites is 1. The first-order valence-corrected chi connectivity index (χ1v) is 9.37. The molecule has 2 aromatic rings. The highest BCUT2D eigenvalue weighted by molar-refractivity contribution is 5.81. The van der Waals surface area contributed by atoms with Crippen LogP contribution in [0.2, 0.25) is 0 Å². The zero-order valence-electron chi connectivity index (χ0n) is 16.3. The number of nitrogens with one attached hydrogen (secondary N) is 1. The van der Waals surface area contributed by atoms with Crippen LogP contribution < -0.4 is 15.0 Å². The molecule has 1 aromatic heterocycles. The predicted octanol–water partition coefficient (Wildman–Crippen LogP) is 1.79. The maximum atomic E-state index is 12.6. The minimum atomic E-state index is -0.226. The topological polar surface area (TPSA) is 81.5 Å². The molecule has 3 rings (SSSR count). The van der Waals surface area contributed by atoms with Crippen LogP contribution in [0, 0.1) is 11.3 Å². The Balaban J connectivity index is 1.54. The molecule has 146 valence electrons. The fourth-order valence-electron chi connectivity index (χ4n) is 3.40. The number of hydrogen-bond donors (Lipinski definition) is 1. The summed E-state index contributed by atoms with van der Waals surface area (Å²) in [6, 6.07) is 13.2. The minimum Gasteiger partial charge on any atom is -0.496 e. The molecule has 1 amide bonds. The van der Waals surface area contributed by atoms with Gasteiger partial charge in [0.2, 0.25) is 5.91 Å². The molecule has 1 aliphatic heterocycles. The van der Waals surface area contributed by atoms with E-state index < -0.39 is 0 Å². The Bertz CT molecular complexity index is 856. The van der Waals surface area contributed by atoms with Crippen LogP contribution in [0.15, 0.2) is 42.6 Å². The van der Waals surface area contributed by atoms with E-state index in [9.17, 15) is 10.1 Å². The largest absolute Gasteiger partial charge is 0.496 e. The number of anilines is 1. The summed E-state index contributed by atoms with van der Waals surface area (Å²) >= 11 is 0. The second-order valence-corrected chi connectivity index (χ2v) is 6.72. The van der Waals surface area contributed by atoms with Crippen molar-refractivity contribution in [2.75, 3.05) is 38.2 Å². The standard InChI is InChI=1S/C21H25N5O2/c1-16(21(27)24-15-18-6-3-4-8-19(18)28-2)25-10-12-26(13-11-25)20-17(14-22)7-5-9-23-20/h3-9,16H,10-13,15H2,1-2H3,(H,24,27). The van der Waals surface area contributed by atoms with Gasteiger partial charge in [-0.3, -0.25) is 9.69 Å². The number of nitriles is 1. The van der Waals surface area contributed by atoms with Gasteiger partial charge in [-0.05, 0) is 25.1 Å². The lowest BCUT2D eigenvalue weighted by atomic mass is 10.1. The van der Waals surface area contributed by atoms with E-state index in [0.29, 0.717) is 12.1 Å². The number of pyridine rings is 1. The Morgan fingerprint density at radius 2 is 2.00 bits per heavy atom. The van der Waals surface area contributed by atoms with Gasteiger partial charge in [0, 0.05) is 44.5 Å². The van der Waals surface area contributed by atoms with E-state index in [1.54, 1.807) is 25.4 Å². The van der Waals surface area contributed by atoms with E-state index in [4.69, 9.17) is 4.74 Å². The quantitative estimate of drug-likeness (QED) is 0.824. The molecule has 1 atom stereocenters. The van der Waals surface area contributed by atoms with Gasteiger partial charge in [0.05, 0.1) is 18.7 Å². The highest BCUT2D eigenvalue weighted by Crippen LogP contribution is 2.19. The number of carbonyl (C=O) groups excluding carboxylic acids is 1. The van der Waals surface area contributed by atoms with Gasteiger partial charge >= 0.3 is 0 Å². The van der Waals surface area contributed by atoms with Gasteiger partial charge in [0.25, 0.3) is 0 Å². The van der Waals surface area contributed by atoms with E-state index in [1.807, 2.05) is 31.2 Å². The fourth-order valence-corrected chi connectivity index (χ4v) is 3.40. The van der Waals surface area contributed by atoms with E-state index in [2.05, 4.69) is 26.2 Å². The molecule has 1 saturated heterocycles. The number of hydrogen-bond acceptors (Lipinski definition) is 6. The normalized spacial score (nSPS) is 15.5. The van der Waals surface area contributed by atoms with E-state index in [0.717, 1.165) is 43.3 Å². The molecule has 7 nitrogen and oxygen atoms in total. The van der Waals surface area contributed by atoms with Crippen molar-refractivity contribution in [3.63, 3.8) is 0 Å². The summed E-state index contributed by atoms with van der Waals surface area (Å²) < 4.78 is 5.33. The van der Waals surface area contributed by atoms with Crippen molar-refractivity contribution in [2.45, 2.75) is 19.5 Å². The van der Waals surface area contributed by atoms with Crippen molar-refractivity contribution < 1.29 is 9.53 Å². The number of nitrogens with zero attached hydrogens (tertiary/aromatic N) is 4. The lowest BCUT2D eigenvalue weighted by molar-refractivity contribution is -0.126. The minimum absolute atomic E-state index is 0.00472. The number of ether oxygens (including phenoxy) is 1. The number of benzene rings is 1. The number of rotatable bonds is 6. The third-order valence-electron chi connectivity index (χ3n) is 5.09. The molecule has 7 heteroatoms. The first-order valence-electron chi connectivity index (χ1n) is 9.37. The van der Waals surface area contributed by atoms with Crippen LogP contribution >= 0.6 is 0 Å². The molecule has 2 heterocycles. The average Bonchev–Trinajstić information content (AvgIpc) is 2.77. The van der Waals surface area contributed by atoms with E-state index >= 15 is 0 Å². The highest BCUT2D eigenvalue weighted by atomic mass is 16.5. The Labute approximate surface area is 165 Å². The second kappa shape index (κ2) is 9.20. The molecule has 0 aliphatic carbocycles. The van der Waals surface area contributed by atoms with Gasteiger partial charge < -0.3 is 15.0 Å². The summed E-state index contributed by atoms with van der Waals surface area (Å²) in [5.74, 6) is 1.49. The summed E-state index contributed by atoms with van der Waals surface area (Å²) in [6.45, 7) is 5.31. The van der Waals surface area contributed by atoms with Crippen LogP contribution in [0.25, 0.3) is 0 Å². The Kier molecular flexibility index (Phi) is 6.45. The molecule has 1 fully saturated rings. The van der Waals surface area contributed by atoms with Gasteiger partial charge in [-0.2, -0.15) is 5.26 Å². The van der Waals surface area contributed by atoms with Crippen molar-refractivity contribution in [1.82, 2.24) is 15.2 Å². The molecule has 0 bridgehead atoms. The lowest BCUT2D eigenvalue weighted by Gasteiger charge is -2.38. The third kappa shape index (κ3) is 4.41. The van der Waals surface area contributed by atoms with Crippen LogP contribution in [-0.2, 0) is 11.3 Å². The molecular weight excluding hydrogens is 354 g/mol. The van der Waals surface area contributed by atoms with Crippen LogP contribution in [0.1, 0.15) is 18.1 Å². The maximum Gasteiger partial charge on any atom is 0.237 e. The summed E-state index contributed by atoms with van der Waals surface area (Å²) in [6.07, 6.45) is 1.70. The number of piperazine rings is 1. The zero-order valence-corrected chi connectivity index (χ0v) is 16.3. The van der Waals surface area contributed by atoms with Gasteiger partial charge in [-0.15, -0.1) is 0 Å². The maximum absolute atomic E-state index is 12.6. The van der Waals surface area contributed by atoms with E-state index in [-0.39, 0.29) is 11.9 Å². The summed E-state index contributed by atoms with van der Waals surface area (Å²) in [4.78, 5) is 21.2. The molecule has 1 aliphatic rings. The first-order chi connectivity index (χ1) is 13.6. The SMILES string of the molecule is COc1ccccc1CNC(=O)C(C)N1CCN(c2ncccc2C#N)CC1. The number of carbonyl (C=O) groups is 1. The van der Waals surface area contributed by atoms with Crippen LogP contribution in [0.5, 0.6) is 5.75 Å². The Morgan fingerprint density at radius 3 is 2.71 bits per heavy atom. The highest BCUT2D eigenvalue weighted by Gasteiger charge is 2.26. The molecule has 1 N–H and O–H groups in total. The predicted molar refractivity (Wildman–Crippen MR) is 107 cm³/mol. The molecule has 0 saturated carbocycles. The van der Waals surface area contributed by atoms with E-state index in [1.165, 1.54) is 0 Å². The van der Waals surface area contributed by atoms with Crippen molar-refractivity contribution in [3.05, 3.63) is 53.7 Å². The van der Waals surface area contributed by atoms with Crippen molar-refractivity contribution >= 4 is 11.7 Å². The summed E-state index contributed by atoms with van der Waals surface area (Å²) in [7, 11) is 1.63. The number of aromatic nitrogens is 1. The van der Waals surface area contributed by atoms with Gasteiger partial charge in [0.15, 0.2) is 0 Å². The fraction of sp³-hybridized carbons (Fsp3) is 0.381. The average molecular weight is 379 g/mol. The Morgan fingerprint density at radius 1 is 1.25 bits per heavy atom. The summed E-state index contributed by atoms with van der Waals surface area (Å²) in [5.41, 5.74) is 1.54. The second-order valence-electron chi connectivity index (χ2n) is 6.72. The lowest BCUT2D eigenvalue weighted by Crippen LogP contribution is -2.54. The number of amides is 1. The Hall–Kier alpha value is -3.11. The molecule has 0 spiro atoms. The van der Waals surface area contributed by atoms with Gasteiger partial charge in [0.1, 0.15) is 17.6 Å². The molecule has 1 aromatic carbocycles. The van der Waals surface area contributed by atoms with Gasteiger partial charge in [-0.25, -0.2) is 4.98 Å². The first kappa shape index (κ1) is 19.6. The molecule has 28 heavy (non-hydrogen) atoms. The van der Waals surface area contributed by atoms with Gasteiger partial charge in [-0.1, -0.05) is 18.2 Å². The van der Waals surface area contributed by atoms with Crippen molar-refractivity contribution in [2.24, 2.45) is 0 Å². The number of methoxy groups -OCH3 is 1. The van der Waals surface area contributed by atoms with Crippen molar-refractivity contribution in [3.8, 4) is 11.8 Å². The molecular formula is C21H25N5O2. The molecule has 0 radical (unpaired) electrons. The van der Waals surface area contributed by atoms with Crippen LogP contribution in [-0.4, -0.2) is 55.1 Å². The molecule has 1 unspecified atom stereocenters. The monoisotopic (exact) mass is 379 g/mol. The van der Waals surface area contributed by atoms with Crippen LogP contribution in [0.4, 0.5) is 5.82 Å².